The van der Waals surface area contributed by atoms with Crippen molar-refractivity contribution in [2.24, 2.45) is 0 Å². The number of unbranched alkanes of at least 4 members (excludes halogenated alkanes) is 12. The number of rotatable bonds is 22. The third-order valence-corrected chi connectivity index (χ3v) is 6.76. The SMILES string of the molecule is CCCCCCCCCCC/C=C/c1c(O)c(N(C)CCCC(=O)OCCCCCC)cc(O)c1OC. The molecular formula is C31H53NO5. The van der Waals surface area contributed by atoms with E-state index in [0.29, 0.717) is 37.2 Å². The van der Waals surface area contributed by atoms with E-state index in [0.717, 1.165) is 38.5 Å². The first-order valence-electron chi connectivity index (χ1n) is 14.6. The van der Waals surface area contributed by atoms with Crippen LogP contribution in [0.3, 0.4) is 0 Å². The predicted molar refractivity (Wildman–Crippen MR) is 155 cm³/mol. The summed E-state index contributed by atoms with van der Waals surface area (Å²) in [6.45, 7) is 5.43. The average Bonchev–Trinajstić information content (AvgIpc) is 2.88. The highest BCUT2D eigenvalue weighted by molar-refractivity contribution is 5.77. The van der Waals surface area contributed by atoms with Crippen LogP contribution in [-0.4, -0.2) is 43.5 Å². The zero-order valence-electron chi connectivity index (χ0n) is 24.0. The number of hydrogen-bond acceptors (Lipinski definition) is 6. The van der Waals surface area contributed by atoms with E-state index in [1.54, 1.807) is 0 Å². The molecule has 6 nitrogen and oxygen atoms in total. The Labute approximate surface area is 226 Å². The summed E-state index contributed by atoms with van der Waals surface area (Å²) < 4.78 is 10.7. The number of carbonyl (C=O) groups is 1. The molecule has 1 aromatic carbocycles. The molecule has 2 N–H and O–H groups in total. The Morgan fingerprint density at radius 1 is 0.892 bits per heavy atom. The third-order valence-electron chi connectivity index (χ3n) is 6.76. The van der Waals surface area contributed by atoms with Gasteiger partial charge in [0.15, 0.2) is 11.5 Å². The molecule has 0 unspecified atom stereocenters. The minimum Gasteiger partial charge on any atom is -0.505 e. The predicted octanol–water partition coefficient (Wildman–Crippen LogP) is 8.38. The van der Waals surface area contributed by atoms with Gasteiger partial charge in [-0.1, -0.05) is 96.6 Å². The van der Waals surface area contributed by atoms with Crippen molar-refractivity contribution in [3.05, 3.63) is 17.7 Å². The van der Waals surface area contributed by atoms with Gasteiger partial charge in [0.25, 0.3) is 0 Å². The van der Waals surface area contributed by atoms with Crippen molar-refractivity contribution in [2.75, 3.05) is 32.2 Å². The Morgan fingerprint density at radius 2 is 1.49 bits per heavy atom. The molecule has 0 saturated heterocycles. The normalized spacial score (nSPS) is 11.2. The Bertz CT molecular complexity index is 777. The largest absolute Gasteiger partial charge is 0.505 e. The second kappa shape index (κ2) is 20.7. The maximum atomic E-state index is 12.0. The molecule has 0 bridgehead atoms. The molecule has 6 heteroatoms. The second-order valence-corrected chi connectivity index (χ2v) is 10.0. The summed E-state index contributed by atoms with van der Waals surface area (Å²) in [5.41, 5.74) is 0.987. The van der Waals surface area contributed by atoms with Gasteiger partial charge in [0.05, 0.1) is 25.0 Å². The van der Waals surface area contributed by atoms with Crippen LogP contribution in [0.15, 0.2) is 12.1 Å². The van der Waals surface area contributed by atoms with Crippen LogP contribution in [0.25, 0.3) is 6.08 Å². The van der Waals surface area contributed by atoms with Crippen molar-refractivity contribution >= 4 is 17.7 Å². The molecule has 37 heavy (non-hydrogen) atoms. The van der Waals surface area contributed by atoms with Gasteiger partial charge >= 0.3 is 5.97 Å². The molecule has 212 valence electrons. The van der Waals surface area contributed by atoms with Gasteiger partial charge in [-0.15, -0.1) is 0 Å². The highest BCUT2D eigenvalue weighted by atomic mass is 16.5. The number of ether oxygens (including phenoxy) is 2. The van der Waals surface area contributed by atoms with Crippen molar-refractivity contribution in [3.63, 3.8) is 0 Å². The molecule has 0 aliphatic rings. The molecular weight excluding hydrogens is 466 g/mol. The molecule has 1 rings (SSSR count). The standard InChI is InChI=1S/C31H53NO5/c1-5-7-9-11-12-13-14-15-16-17-18-21-26-30(35)27(25-28(33)31(26)36-4)32(3)23-20-22-29(34)37-24-19-10-8-6-2/h18,21,25,33,35H,5-17,19-20,22-24H2,1-4H3/b21-18+. The maximum absolute atomic E-state index is 12.0. The molecule has 0 heterocycles. The number of phenols is 2. The quantitative estimate of drug-likeness (QED) is 0.0910. The van der Waals surface area contributed by atoms with Gasteiger partial charge in [-0.3, -0.25) is 4.79 Å². The van der Waals surface area contributed by atoms with Crippen molar-refractivity contribution < 1.29 is 24.5 Å². The van der Waals surface area contributed by atoms with Gasteiger partial charge in [-0.2, -0.15) is 0 Å². The molecule has 0 spiro atoms. The highest BCUT2D eigenvalue weighted by Crippen LogP contribution is 2.44. The van der Waals surface area contributed by atoms with E-state index in [-0.39, 0.29) is 23.2 Å². The molecule has 0 fully saturated rings. The Kier molecular flexibility index (Phi) is 18.2. The summed E-state index contributed by atoms with van der Waals surface area (Å²) in [7, 11) is 3.33. The number of anilines is 1. The molecule has 0 aliphatic carbocycles. The monoisotopic (exact) mass is 519 g/mol. The first-order valence-corrected chi connectivity index (χ1v) is 14.6. The van der Waals surface area contributed by atoms with Gasteiger partial charge in [0, 0.05) is 26.1 Å². The third kappa shape index (κ3) is 13.7. The van der Waals surface area contributed by atoms with Crippen molar-refractivity contribution in [1.82, 2.24) is 0 Å². The van der Waals surface area contributed by atoms with Gasteiger partial charge in [0.2, 0.25) is 0 Å². The van der Waals surface area contributed by atoms with Crippen LogP contribution in [0.4, 0.5) is 5.69 Å². The van der Waals surface area contributed by atoms with E-state index < -0.39 is 0 Å². The van der Waals surface area contributed by atoms with E-state index in [9.17, 15) is 15.0 Å². The van der Waals surface area contributed by atoms with Crippen LogP contribution >= 0.6 is 0 Å². The zero-order valence-corrected chi connectivity index (χ0v) is 24.0. The number of phenolic OH excluding ortho intramolecular Hbond substituents is 2. The van der Waals surface area contributed by atoms with Crippen molar-refractivity contribution in [1.29, 1.82) is 0 Å². The second-order valence-electron chi connectivity index (χ2n) is 10.0. The fourth-order valence-electron chi connectivity index (χ4n) is 4.45. The fraction of sp³-hybridized carbons (Fsp3) is 0.710. The van der Waals surface area contributed by atoms with E-state index in [4.69, 9.17) is 9.47 Å². The van der Waals surface area contributed by atoms with Gasteiger partial charge in [-0.05, 0) is 25.7 Å². The van der Waals surface area contributed by atoms with E-state index >= 15 is 0 Å². The average molecular weight is 520 g/mol. The van der Waals surface area contributed by atoms with Crippen LogP contribution in [0.1, 0.15) is 122 Å². The Balaban J connectivity index is 2.54. The number of benzene rings is 1. The number of allylic oxidation sites excluding steroid dienone is 1. The van der Waals surface area contributed by atoms with Gasteiger partial charge < -0.3 is 24.6 Å². The minimum absolute atomic E-state index is 0.0173. The van der Waals surface area contributed by atoms with E-state index in [1.165, 1.54) is 64.5 Å². The number of aromatic hydroxyl groups is 2. The van der Waals surface area contributed by atoms with Crippen LogP contribution in [-0.2, 0) is 9.53 Å². The number of nitrogens with zero attached hydrogens (tertiary/aromatic N) is 1. The first-order chi connectivity index (χ1) is 18.0. The Hall–Kier alpha value is -2.37. The summed E-state index contributed by atoms with van der Waals surface area (Å²) in [5, 5.41) is 21.5. The fourth-order valence-corrected chi connectivity index (χ4v) is 4.45. The van der Waals surface area contributed by atoms with E-state index in [2.05, 4.69) is 13.8 Å². The van der Waals surface area contributed by atoms with E-state index in [1.807, 2.05) is 24.1 Å². The van der Waals surface area contributed by atoms with Gasteiger partial charge in [-0.25, -0.2) is 0 Å². The molecule has 0 aromatic heterocycles. The summed E-state index contributed by atoms with van der Waals surface area (Å²) in [5.74, 6) is 0.131. The zero-order chi connectivity index (χ0) is 27.3. The van der Waals surface area contributed by atoms with Crippen LogP contribution < -0.4 is 9.64 Å². The lowest BCUT2D eigenvalue weighted by atomic mass is 10.1. The molecule has 1 aromatic rings. The Morgan fingerprint density at radius 3 is 2.11 bits per heavy atom. The van der Waals surface area contributed by atoms with Crippen LogP contribution in [0.5, 0.6) is 17.2 Å². The number of methoxy groups -OCH3 is 1. The summed E-state index contributed by atoms with van der Waals surface area (Å²) >= 11 is 0. The molecule has 0 amide bonds. The smallest absolute Gasteiger partial charge is 0.305 e. The number of hydrogen-bond donors (Lipinski definition) is 2. The lowest BCUT2D eigenvalue weighted by Crippen LogP contribution is -2.20. The minimum atomic E-state index is -0.188. The summed E-state index contributed by atoms with van der Waals surface area (Å²) in [6, 6.07) is 1.51. The van der Waals surface area contributed by atoms with Crippen LogP contribution in [0.2, 0.25) is 0 Å². The van der Waals surface area contributed by atoms with Crippen molar-refractivity contribution in [2.45, 2.75) is 117 Å². The van der Waals surface area contributed by atoms with Crippen molar-refractivity contribution in [3.8, 4) is 17.2 Å². The van der Waals surface area contributed by atoms with Gasteiger partial charge in [0.1, 0.15) is 5.75 Å². The number of esters is 1. The first kappa shape index (κ1) is 32.7. The molecule has 0 saturated carbocycles. The topological polar surface area (TPSA) is 79.2 Å². The maximum Gasteiger partial charge on any atom is 0.305 e. The lowest BCUT2D eigenvalue weighted by molar-refractivity contribution is -0.143. The molecule has 0 aliphatic heterocycles. The number of carbonyl (C=O) groups excluding carboxylic acids is 1. The highest BCUT2D eigenvalue weighted by Gasteiger charge is 2.19. The summed E-state index contributed by atoms with van der Waals surface area (Å²) in [4.78, 5) is 13.8. The van der Waals surface area contributed by atoms with Crippen LogP contribution in [0, 0.1) is 0 Å². The molecule has 0 atom stereocenters. The summed E-state index contributed by atoms with van der Waals surface area (Å²) in [6.07, 6.45) is 21.6. The lowest BCUT2D eigenvalue weighted by Gasteiger charge is -2.23. The molecule has 0 radical (unpaired) electrons.